The fourth-order valence-electron chi connectivity index (χ4n) is 1.71. The van der Waals surface area contributed by atoms with E-state index in [-0.39, 0.29) is 0 Å². The molecule has 2 N–H and O–H groups in total. The van der Waals surface area contributed by atoms with Gasteiger partial charge in [-0.2, -0.15) is 0 Å². The second-order valence-corrected chi connectivity index (χ2v) is 5.73. The maximum atomic E-state index is 10.1. The molecule has 16 heavy (non-hydrogen) atoms. The molecule has 1 unspecified atom stereocenters. The van der Waals surface area contributed by atoms with Gasteiger partial charge in [0.05, 0.1) is 5.60 Å². The maximum Gasteiger partial charge on any atom is 0.126 e. The Morgan fingerprint density at radius 3 is 2.69 bits per heavy atom. The fraction of sp³-hybridized carbons (Fsp3) is 0.583. The Morgan fingerprint density at radius 2 is 2.19 bits per heavy atom. The summed E-state index contributed by atoms with van der Waals surface area (Å²) in [5, 5.41) is 13.2. The molecular formula is C12H19BrN2O. The van der Waals surface area contributed by atoms with Crippen LogP contribution in [0.15, 0.2) is 22.8 Å². The van der Waals surface area contributed by atoms with Crippen LogP contribution in [0.3, 0.4) is 0 Å². The highest BCUT2D eigenvalue weighted by atomic mass is 79.9. The van der Waals surface area contributed by atoms with E-state index in [1.807, 2.05) is 19.1 Å². The van der Waals surface area contributed by atoms with Crippen molar-refractivity contribution in [3.05, 3.63) is 22.8 Å². The summed E-state index contributed by atoms with van der Waals surface area (Å²) in [5.41, 5.74) is -0.692. The van der Waals surface area contributed by atoms with Gasteiger partial charge in [-0.3, -0.25) is 0 Å². The third-order valence-corrected chi connectivity index (χ3v) is 2.69. The van der Waals surface area contributed by atoms with Crippen molar-refractivity contribution >= 4 is 21.7 Å². The van der Waals surface area contributed by atoms with Crippen molar-refractivity contribution in [1.82, 2.24) is 4.98 Å². The van der Waals surface area contributed by atoms with Gasteiger partial charge in [0.15, 0.2) is 0 Å². The predicted octanol–water partition coefficient (Wildman–Crippen LogP) is 3.05. The van der Waals surface area contributed by atoms with Gasteiger partial charge in [0.1, 0.15) is 5.82 Å². The lowest BCUT2D eigenvalue weighted by Gasteiger charge is -2.25. The largest absolute Gasteiger partial charge is 0.388 e. The molecule has 0 amide bonds. The minimum atomic E-state index is -0.692. The Labute approximate surface area is 105 Å². The van der Waals surface area contributed by atoms with Crippen molar-refractivity contribution in [3.8, 4) is 0 Å². The molecular weight excluding hydrogens is 268 g/mol. The average Bonchev–Trinajstić information content (AvgIpc) is 2.15. The molecule has 1 aromatic rings. The van der Waals surface area contributed by atoms with E-state index in [1.54, 1.807) is 6.20 Å². The molecule has 1 rings (SSSR count). The summed E-state index contributed by atoms with van der Waals surface area (Å²) >= 11 is 3.33. The van der Waals surface area contributed by atoms with Gasteiger partial charge in [0.25, 0.3) is 0 Å². The SMILES string of the molecule is CC(C)CC(C)(O)CNc1ccc(Br)cn1. The summed E-state index contributed by atoms with van der Waals surface area (Å²) in [6, 6.07) is 3.81. The predicted molar refractivity (Wildman–Crippen MR) is 70.5 cm³/mol. The quantitative estimate of drug-likeness (QED) is 0.875. The van der Waals surface area contributed by atoms with Crippen LogP contribution in [-0.2, 0) is 0 Å². The molecule has 0 aliphatic carbocycles. The first-order valence-electron chi connectivity index (χ1n) is 5.47. The zero-order valence-electron chi connectivity index (χ0n) is 10.00. The van der Waals surface area contributed by atoms with Gasteiger partial charge >= 0.3 is 0 Å². The van der Waals surface area contributed by atoms with E-state index in [9.17, 15) is 5.11 Å². The number of pyridine rings is 1. The first-order chi connectivity index (χ1) is 7.39. The van der Waals surface area contributed by atoms with E-state index in [0.29, 0.717) is 12.5 Å². The molecule has 3 nitrogen and oxygen atoms in total. The van der Waals surface area contributed by atoms with Gasteiger partial charge in [-0.25, -0.2) is 4.98 Å². The molecule has 0 aliphatic heterocycles. The monoisotopic (exact) mass is 286 g/mol. The Kier molecular flexibility index (Phi) is 4.74. The lowest BCUT2D eigenvalue weighted by atomic mass is 9.94. The minimum Gasteiger partial charge on any atom is -0.388 e. The highest BCUT2D eigenvalue weighted by Crippen LogP contribution is 2.17. The summed E-state index contributed by atoms with van der Waals surface area (Å²) in [5.74, 6) is 1.27. The third kappa shape index (κ3) is 4.94. The Hall–Kier alpha value is -0.610. The first kappa shape index (κ1) is 13.5. The number of hydrogen-bond donors (Lipinski definition) is 2. The zero-order valence-corrected chi connectivity index (χ0v) is 11.6. The molecule has 0 fully saturated rings. The van der Waals surface area contributed by atoms with Crippen LogP contribution in [0.1, 0.15) is 27.2 Å². The van der Waals surface area contributed by atoms with Crippen molar-refractivity contribution in [2.75, 3.05) is 11.9 Å². The fourth-order valence-corrected chi connectivity index (χ4v) is 1.95. The van der Waals surface area contributed by atoms with E-state index in [0.717, 1.165) is 16.7 Å². The molecule has 1 heterocycles. The number of aliphatic hydroxyl groups is 1. The minimum absolute atomic E-state index is 0.481. The Morgan fingerprint density at radius 1 is 1.50 bits per heavy atom. The molecule has 0 aliphatic rings. The molecule has 0 spiro atoms. The van der Waals surface area contributed by atoms with Crippen molar-refractivity contribution in [3.63, 3.8) is 0 Å². The number of halogens is 1. The van der Waals surface area contributed by atoms with Gasteiger partial charge in [-0.15, -0.1) is 0 Å². The summed E-state index contributed by atoms with van der Waals surface area (Å²) in [6.45, 7) is 6.57. The van der Waals surface area contributed by atoms with Crippen molar-refractivity contribution in [1.29, 1.82) is 0 Å². The Bertz CT molecular complexity index is 322. The zero-order chi connectivity index (χ0) is 12.2. The molecule has 1 atom stereocenters. The second-order valence-electron chi connectivity index (χ2n) is 4.81. The summed E-state index contributed by atoms with van der Waals surface area (Å²) in [4.78, 5) is 4.19. The number of rotatable bonds is 5. The number of nitrogens with one attached hydrogen (secondary N) is 1. The number of nitrogens with zero attached hydrogens (tertiary/aromatic N) is 1. The highest BCUT2D eigenvalue weighted by molar-refractivity contribution is 9.10. The van der Waals surface area contributed by atoms with Crippen LogP contribution in [-0.4, -0.2) is 22.2 Å². The molecule has 90 valence electrons. The topological polar surface area (TPSA) is 45.1 Å². The van der Waals surface area contributed by atoms with Crippen LogP contribution >= 0.6 is 15.9 Å². The lowest BCUT2D eigenvalue weighted by molar-refractivity contribution is 0.0515. The summed E-state index contributed by atoms with van der Waals surface area (Å²) < 4.78 is 0.951. The van der Waals surface area contributed by atoms with Crippen LogP contribution in [0.4, 0.5) is 5.82 Å². The summed E-state index contributed by atoms with van der Waals surface area (Å²) in [7, 11) is 0. The third-order valence-electron chi connectivity index (χ3n) is 2.23. The normalized spacial score (nSPS) is 14.9. The number of hydrogen-bond acceptors (Lipinski definition) is 3. The van der Waals surface area contributed by atoms with Crippen molar-refractivity contribution in [2.24, 2.45) is 5.92 Å². The number of aromatic nitrogens is 1. The molecule has 0 saturated carbocycles. The van der Waals surface area contributed by atoms with Gasteiger partial charge in [0.2, 0.25) is 0 Å². The van der Waals surface area contributed by atoms with Crippen LogP contribution in [0.25, 0.3) is 0 Å². The smallest absolute Gasteiger partial charge is 0.126 e. The van der Waals surface area contributed by atoms with Crippen LogP contribution in [0.5, 0.6) is 0 Å². The van der Waals surface area contributed by atoms with Crippen LogP contribution < -0.4 is 5.32 Å². The van der Waals surface area contributed by atoms with E-state index in [1.165, 1.54) is 0 Å². The van der Waals surface area contributed by atoms with E-state index < -0.39 is 5.60 Å². The average molecular weight is 287 g/mol. The number of anilines is 1. The van der Waals surface area contributed by atoms with E-state index in [2.05, 4.69) is 40.1 Å². The molecule has 0 aromatic carbocycles. The molecule has 0 saturated heterocycles. The van der Waals surface area contributed by atoms with Crippen LogP contribution in [0, 0.1) is 5.92 Å². The van der Waals surface area contributed by atoms with Crippen molar-refractivity contribution in [2.45, 2.75) is 32.8 Å². The highest BCUT2D eigenvalue weighted by Gasteiger charge is 2.21. The van der Waals surface area contributed by atoms with Gasteiger partial charge in [-0.1, -0.05) is 13.8 Å². The van der Waals surface area contributed by atoms with E-state index in [4.69, 9.17) is 0 Å². The molecule has 0 bridgehead atoms. The van der Waals surface area contributed by atoms with E-state index >= 15 is 0 Å². The standard InChI is InChI=1S/C12H19BrN2O/c1-9(2)6-12(3,16)8-15-11-5-4-10(13)7-14-11/h4-5,7,9,16H,6,8H2,1-3H3,(H,14,15). The lowest BCUT2D eigenvalue weighted by Crippen LogP contribution is -2.35. The molecule has 0 radical (unpaired) electrons. The van der Waals surface area contributed by atoms with Crippen molar-refractivity contribution < 1.29 is 5.11 Å². The molecule has 1 aromatic heterocycles. The molecule has 4 heteroatoms. The second kappa shape index (κ2) is 5.64. The first-order valence-corrected chi connectivity index (χ1v) is 6.26. The van der Waals surface area contributed by atoms with Gasteiger partial charge < -0.3 is 10.4 Å². The summed E-state index contributed by atoms with van der Waals surface area (Å²) in [6.07, 6.45) is 2.51. The van der Waals surface area contributed by atoms with Gasteiger partial charge in [-0.05, 0) is 47.3 Å². The van der Waals surface area contributed by atoms with Crippen LogP contribution in [0.2, 0.25) is 0 Å². The Balaban J connectivity index is 2.47. The van der Waals surface area contributed by atoms with Gasteiger partial charge in [0, 0.05) is 17.2 Å². The maximum absolute atomic E-state index is 10.1.